The fraction of sp³-hybridized carbons (Fsp3) is 0.583. The maximum atomic E-state index is 10.4. The molecule has 28 heavy (non-hydrogen) atoms. The number of nitrogens with zero attached hydrogens (tertiary/aromatic N) is 1. The number of hydrogen-bond donors (Lipinski definition) is 2. The lowest BCUT2D eigenvalue weighted by atomic mass is 9.97. The van der Waals surface area contributed by atoms with E-state index < -0.39 is 6.10 Å². The van der Waals surface area contributed by atoms with Crippen molar-refractivity contribution in [3.8, 4) is 0 Å². The molecule has 156 valence electrons. The van der Waals surface area contributed by atoms with E-state index in [-0.39, 0.29) is 6.61 Å². The van der Waals surface area contributed by atoms with Gasteiger partial charge in [-0.05, 0) is 70.6 Å². The Morgan fingerprint density at radius 3 is 2.46 bits per heavy atom. The third kappa shape index (κ3) is 7.78. The molecule has 1 aliphatic rings. The van der Waals surface area contributed by atoms with Crippen LogP contribution in [0.1, 0.15) is 65.4 Å². The molecule has 2 rings (SSSR count). The van der Waals surface area contributed by atoms with Gasteiger partial charge < -0.3 is 5.11 Å². The zero-order valence-corrected chi connectivity index (χ0v) is 18.0. The van der Waals surface area contributed by atoms with Crippen molar-refractivity contribution >= 4 is 6.08 Å². The molecule has 0 bridgehead atoms. The minimum atomic E-state index is -0.520. The maximum absolute atomic E-state index is 10.4. The summed E-state index contributed by atoms with van der Waals surface area (Å²) in [5.74, 6) is 0. The van der Waals surface area contributed by atoms with Crippen molar-refractivity contribution in [2.45, 2.75) is 78.0 Å². The van der Waals surface area contributed by atoms with Crippen LogP contribution >= 0.6 is 0 Å². The van der Waals surface area contributed by atoms with Gasteiger partial charge in [0.1, 0.15) is 6.61 Å². The van der Waals surface area contributed by atoms with Crippen molar-refractivity contribution < 1.29 is 9.94 Å². The molecule has 1 aromatic carbocycles. The molecule has 0 unspecified atom stereocenters. The van der Waals surface area contributed by atoms with Crippen LogP contribution < -0.4 is 5.48 Å². The van der Waals surface area contributed by atoms with Crippen molar-refractivity contribution in [2.24, 2.45) is 0 Å². The molecule has 0 aliphatic heterocycles. The van der Waals surface area contributed by atoms with Gasteiger partial charge in [-0.25, -0.2) is 0 Å². The van der Waals surface area contributed by atoms with E-state index in [0.717, 1.165) is 18.5 Å². The lowest BCUT2D eigenvalue weighted by Gasteiger charge is -2.32. The normalized spacial score (nSPS) is 18.3. The summed E-state index contributed by atoms with van der Waals surface area (Å²) in [5.41, 5.74) is 6.65. The molecule has 4 nitrogen and oxygen atoms in total. The molecule has 0 spiro atoms. The second kappa shape index (κ2) is 12.1. The minimum absolute atomic E-state index is 0.270. The third-order valence-corrected chi connectivity index (χ3v) is 5.19. The molecule has 0 saturated carbocycles. The summed E-state index contributed by atoms with van der Waals surface area (Å²) in [6.07, 6.45) is 9.70. The van der Waals surface area contributed by atoms with E-state index in [1.807, 2.05) is 6.07 Å². The fourth-order valence-electron chi connectivity index (χ4n) is 3.69. The smallest absolute Gasteiger partial charge is 0.102 e. The second-order valence-electron chi connectivity index (χ2n) is 8.25. The Hall–Kier alpha value is -1.62. The third-order valence-electron chi connectivity index (χ3n) is 5.19. The summed E-state index contributed by atoms with van der Waals surface area (Å²) in [7, 11) is 0. The first kappa shape index (κ1) is 22.7. The largest absolute Gasteiger partial charge is 0.389 e. The van der Waals surface area contributed by atoms with Gasteiger partial charge in [-0.2, -0.15) is 0 Å². The Morgan fingerprint density at radius 2 is 1.79 bits per heavy atom. The van der Waals surface area contributed by atoms with E-state index in [1.54, 1.807) is 0 Å². The number of nitrogens with one attached hydrogen (secondary N) is 1. The second-order valence-corrected chi connectivity index (χ2v) is 8.25. The van der Waals surface area contributed by atoms with E-state index in [1.165, 1.54) is 30.4 Å². The minimum Gasteiger partial charge on any atom is -0.389 e. The fourth-order valence-corrected chi connectivity index (χ4v) is 3.69. The number of allylic oxidation sites excluding steroid dienone is 2. The zero-order chi connectivity index (χ0) is 20.4. The molecular weight excluding hydrogens is 348 g/mol. The van der Waals surface area contributed by atoms with Gasteiger partial charge in [-0.3, -0.25) is 15.2 Å². The predicted octanol–water partition coefficient (Wildman–Crippen LogP) is 4.92. The quantitative estimate of drug-likeness (QED) is 0.591. The Kier molecular flexibility index (Phi) is 9.76. The Bertz CT molecular complexity index is 615. The number of aliphatic hydroxyl groups excluding tert-OH is 1. The molecular formula is C24H38N2O2. The van der Waals surface area contributed by atoms with Crippen LogP contribution in [0.25, 0.3) is 6.08 Å². The summed E-state index contributed by atoms with van der Waals surface area (Å²) >= 11 is 0. The van der Waals surface area contributed by atoms with Gasteiger partial charge in [0.05, 0.1) is 11.8 Å². The lowest BCUT2D eigenvalue weighted by Crippen LogP contribution is -2.43. The average molecular weight is 387 g/mol. The molecule has 1 atom stereocenters. The number of rotatable bonds is 9. The van der Waals surface area contributed by atoms with E-state index in [9.17, 15) is 5.11 Å². The molecule has 0 radical (unpaired) electrons. The highest BCUT2D eigenvalue weighted by molar-refractivity contribution is 5.57. The molecule has 0 aromatic heterocycles. The van der Waals surface area contributed by atoms with Gasteiger partial charge in [0.15, 0.2) is 0 Å². The van der Waals surface area contributed by atoms with Crippen molar-refractivity contribution in [2.75, 3.05) is 13.2 Å². The summed E-state index contributed by atoms with van der Waals surface area (Å²) < 4.78 is 0. The standard InChI is InChI=1S/C24H38N2O2/c1-19(2)26(20(3)4)17-23(27)18-28-25-24-15-11-6-5-10-14-22(24)16-21-12-8-7-9-13-21/h7-9,12-13,15-16,19-20,23,25,27H,5-6,10-11,14,17-18H2,1-4H3/t23-/m0/s1. The van der Waals surface area contributed by atoms with Crippen molar-refractivity contribution in [3.05, 3.63) is 53.2 Å². The zero-order valence-electron chi connectivity index (χ0n) is 18.0. The summed E-state index contributed by atoms with van der Waals surface area (Å²) in [6.45, 7) is 9.52. The van der Waals surface area contributed by atoms with E-state index >= 15 is 0 Å². The van der Waals surface area contributed by atoms with E-state index in [2.05, 4.69) is 74.5 Å². The molecule has 4 heteroatoms. The monoisotopic (exact) mass is 386 g/mol. The molecule has 0 heterocycles. The molecule has 0 fully saturated rings. The highest BCUT2D eigenvalue weighted by Gasteiger charge is 2.18. The van der Waals surface area contributed by atoms with Crippen LogP contribution in [0.4, 0.5) is 0 Å². The number of hydroxylamine groups is 1. The van der Waals surface area contributed by atoms with Crippen LogP contribution in [0.2, 0.25) is 0 Å². The van der Waals surface area contributed by atoms with Crippen LogP contribution in [0.15, 0.2) is 47.7 Å². The van der Waals surface area contributed by atoms with Crippen LogP contribution in [-0.4, -0.2) is 41.3 Å². The van der Waals surface area contributed by atoms with Crippen molar-refractivity contribution in [3.63, 3.8) is 0 Å². The number of benzene rings is 1. The van der Waals surface area contributed by atoms with Gasteiger partial charge >= 0.3 is 0 Å². The van der Waals surface area contributed by atoms with Crippen molar-refractivity contribution in [1.82, 2.24) is 10.4 Å². The molecule has 1 aromatic rings. The van der Waals surface area contributed by atoms with Gasteiger partial charge in [0.2, 0.25) is 0 Å². The van der Waals surface area contributed by atoms with Crippen LogP contribution in [-0.2, 0) is 4.84 Å². The Labute approximate surface area is 171 Å². The van der Waals surface area contributed by atoms with Gasteiger partial charge in [0, 0.05) is 18.6 Å². The maximum Gasteiger partial charge on any atom is 0.102 e. The first-order valence-corrected chi connectivity index (χ1v) is 10.7. The van der Waals surface area contributed by atoms with Crippen LogP contribution in [0, 0.1) is 0 Å². The summed E-state index contributed by atoms with van der Waals surface area (Å²) in [4.78, 5) is 8.01. The SMILES string of the molecule is CC(C)N(C[C@H](O)CONC1=CCCCCCC1=Cc1ccccc1)C(C)C. The molecule has 1 aliphatic carbocycles. The first-order valence-electron chi connectivity index (χ1n) is 10.7. The number of aliphatic hydroxyl groups is 1. The number of hydrogen-bond acceptors (Lipinski definition) is 4. The van der Waals surface area contributed by atoms with Crippen LogP contribution in [0.3, 0.4) is 0 Å². The van der Waals surface area contributed by atoms with Crippen molar-refractivity contribution in [1.29, 1.82) is 0 Å². The van der Waals surface area contributed by atoms with Gasteiger partial charge in [-0.1, -0.05) is 42.8 Å². The van der Waals surface area contributed by atoms with Crippen LogP contribution in [0.5, 0.6) is 0 Å². The average Bonchev–Trinajstić information content (AvgIpc) is 2.64. The lowest BCUT2D eigenvalue weighted by molar-refractivity contribution is -0.0257. The van der Waals surface area contributed by atoms with E-state index in [4.69, 9.17) is 4.84 Å². The van der Waals surface area contributed by atoms with E-state index in [0.29, 0.717) is 18.6 Å². The molecule has 2 N–H and O–H groups in total. The molecule has 0 amide bonds. The van der Waals surface area contributed by atoms with Gasteiger partial charge in [0.25, 0.3) is 0 Å². The topological polar surface area (TPSA) is 44.7 Å². The highest BCUT2D eigenvalue weighted by Crippen LogP contribution is 2.23. The summed E-state index contributed by atoms with van der Waals surface area (Å²) in [5, 5.41) is 10.4. The molecule has 0 saturated heterocycles. The van der Waals surface area contributed by atoms with Gasteiger partial charge in [-0.15, -0.1) is 0 Å². The highest BCUT2D eigenvalue weighted by atomic mass is 16.6. The predicted molar refractivity (Wildman–Crippen MR) is 118 cm³/mol. The summed E-state index contributed by atoms with van der Waals surface area (Å²) in [6, 6.07) is 11.2. The Balaban J connectivity index is 1.96. The first-order chi connectivity index (χ1) is 13.5. The Morgan fingerprint density at radius 1 is 1.07 bits per heavy atom.